The summed E-state index contributed by atoms with van der Waals surface area (Å²) in [6.07, 6.45) is 0. The second kappa shape index (κ2) is 4.56. The average molecular weight is 229 g/mol. The molecule has 0 aromatic heterocycles. The highest BCUT2D eigenvalue weighted by Gasteiger charge is 2.12. The van der Waals surface area contributed by atoms with Crippen LogP contribution >= 0.6 is 11.6 Å². The number of carbonyl (C=O) groups is 3. The summed E-state index contributed by atoms with van der Waals surface area (Å²) in [5, 5.41) is 8.63. The molecule has 1 rings (SSSR count). The molecule has 6 heteroatoms. The molecule has 0 saturated heterocycles. The van der Waals surface area contributed by atoms with Gasteiger partial charge < -0.3 is 9.84 Å². The third kappa shape index (κ3) is 3.07. The fraction of sp³-hybridized carbons (Fsp3) is 0. The van der Waals surface area contributed by atoms with Gasteiger partial charge in [-0.1, -0.05) is 6.07 Å². The minimum atomic E-state index is -1.26. The predicted molar refractivity (Wildman–Crippen MR) is 50.1 cm³/mol. The van der Waals surface area contributed by atoms with Crippen LogP contribution in [0.2, 0.25) is 0 Å². The molecule has 0 heterocycles. The molecule has 0 amide bonds. The van der Waals surface area contributed by atoms with Crippen molar-refractivity contribution < 1.29 is 24.2 Å². The van der Waals surface area contributed by atoms with E-state index in [4.69, 9.17) is 16.7 Å². The van der Waals surface area contributed by atoms with Gasteiger partial charge in [0.05, 0.1) is 11.1 Å². The number of hydrogen-bond donors (Lipinski definition) is 1. The molecule has 0 radical (unpaired) electrons. The van der Waals surface area contributed by atoms with Gasteiger partial charge >= 0.3 is 17.4 Å². The number of ether oxygens (including phenoxy) is 1. The minimum absolute atomic E-state index is 0.0519. The number of aromatic carboxylic acids is 1. The Bertz CT molecular complexity index is 426. The van der Waals surface area contributed by atoms with E-state index in [2.05, 4.69) is 4.74 Å². The number of carboxylic acid groups (broad SMARTS) is 1. The van der Waals surface area contributed by atoms with E-state index in [1.54, 1.807) is 0 Å². The molecular weight excluding hydrogens is 224 g/mol. The number of esters is 1. The van der Waals surface area contributed by atoms with Crippen molar-refractivity contribution in [2.75, 3.05) is 0 Å². The summed E-state index contributed by atoms with van der Waals surface area (Å²) in [4.78, 5) is 31.9. The first kappa shape index (κ1) is 11.2. The molecule has 0 aliphatic rings. The molecule has 1 aromatic carbocycles. The Morgan fingerprint density at radius 3 is 2.33 bits per heavy atom. The highest BCUT2D eigenvalue weighted by atomic mass is 35.5. The first-order chi connectivity index (χ1) is 7.00. The molecule has 0 aliphatic carbocycles. The normalized spacial score (nSPS) is 9.40. The molecule has 1 aromatic rings. The quantitative estimate of drug-likeness (QED) is 0.475. The second-order valence-corrected chi connectivity index (χ2v) is 2.82. The largest absolute Gasteiger partial charge is 0.478 e. The molecule has 1 N–H and O–H groups in total. The minimum Gasteiger partial charge on any atom is -0.478 e. The Kier molecular flexibility index (Phi) is 3.41. The number of hydrogen-bond acceptors (Lipinski definition) is 4. The third-order valence-corrected chi connectivity index (χ3v) is 1.60. The van der Waals surface area contributed by atoms with Crippen molar-refractivity contribution in [2.45, 2.75) is 0 Å². The summed E-state index contributed by atoms with van der Waals surface area (Å²) in [5.41, 5.74) is -1.39. The van der Waals surface area contributed by atoms with Crippen LogP contribution in [-0.2, 0) is 4.74 Å². The lowest BCUT2D eigenvalue weighted by Gasteiger charge is -1.99. The molecule has 5 nitrogen and oxygen atoms in total. The summed E-state index contributed by atoms with van der Waals surface area (Å²) >= 11 is 4.83. The monoisotopic (exact) mass is 228 g/mol. The van der Waals surface area contributed by atoms with Gasteiger partial charge in [-0.15, -0.1) is 0 Å². The summed E-state index contributed by atoms with van der Waals surface area (Å²) in [6.45, 7) is 0. The summed E-state index contributed by atoms with van der Waals surface area (Å²) in [6, 6.07) is 5.07. The molecule has 0 spiro atoms. The Hall–Kier alpha value is -1.88. The van der Waals surface area contributed by atoms with Gasteiger partial charge in [-0.3, -0.25) is 0 Å². The van der Waals surface area contributed by atoms with E-state index < -0.39 is 17.4 Å². The number of halogens is 1. The third-order valence-electron chi connectivity index (χ3n) is 1.52. The first-order valence-corrected chi connectivity index (χ1v) is 4.13. The van der Waals surface area contributed by atoms with Crippen LogP contribution in [0.1, 0.15) is 20.7 Å². The Balaban J connectivity index is 2.95. The Morgan fingerprint density at radius 1 is 1.20 bits per heavy atom. The topological polar surface area (TPSA) is 80.7 Å². The highest BCUT2D eigenvalue weighted by Crippen LogP contribution is 2.07. The number of carbonyl (C=O) groups excluding carboxylic acids is 2. The molecular formula is C9H5ClO5. The van der Waals surface area contributed by atoms with Crippen LogP contribution in [0.3, 0.4) is 0 Å². The van der Waals surface area contributed by atoms with E-state index in [9.17, 15) is 14.4 Å². The summed E-state index contributed by atoms with van der Waals surface area (Å²) in [7, 11) is 0. The molecule has 0 atom stereocenters. The van der Waals surface area contributed by atoms with Gasteiger partial charge in [0.2, 0.25) is 0 Å². The van der Waals surface area contributed by atoms with Gasteiger partial charge in [0.15, 0.2) is 0 Å². The van der Waals surface area contributed by atoms with E-state index in [-0.39, 0.29) is 11.1 Å². The maximum Gasteiger partial charge on any atom is 0.411 e. The maximum atomic E-state index is 11.1. The average Bonchev–Trinajstić information content (AvgIpc) is 2.17. The smallest absolute Gasteiger partial charge is 0.411 e. The van der Waals surface area contributed by atoms with E-state index in [1.807, 2.05) is 0 Å². The standard InChI is InChI=1S/C9H5ClO5/c10-9(14)15-8(13)6-3-1-2-5(4-6)7(11)12/h1-4H,(H,11,12). The van der Waals surface area contributed by atoms with Crippen molar-refractivity contribution in [2.24, 2.45) is 0 Å². The Morgan fingerprint density at radius 2 is 1.80 bits per heavy atom. The van der Waals surface area contributed by atoms with Crippen LogP contribution in [0.15, 0.2) is 24.3 Å². The molecule has 0 fully saturated rings. The molecule has 0 unspecified atom stereocenters. The zero-order chi connectivity index (χ0) is 11.4. The van der Waals surface area contributed by atoms with E-state index in [1.165, 1.54) is 18.2 Å². The summed E-state index contributed by atoms with van der Waals surface area (Å²) < 4.78 is 4.07. The maximum absolute atomic E-state index is 11.1. The van der Waals surface area contributed by atoms with Crippen molar-refractivity contribution in [1.29, 1.82) is 0 Å². The Labute approximate surface area is 89.2 Å². The molecule has 15 heavy (non-hydrogen) atoms. The number of carboxylic acids is 1. The van der Waals surface area contributed by atoms with Gasteiger partial charge in [-0.25, -0.2) is 14.4 Å². The van der Waals surface area contributed by atoms with Crippen molar-refractivity contribution >= 4 is 29.0 Å². The van der Waals surface area contributed by atoms with Gasteiger partial charge in [0.1, 0.15) is 0 Å². The molecule has 0 aliphatic heterocycles. The van der Waals surface area contributed by atoms with E-state index in [0.29, 0.717) is 0 Å². The fourth-order valence-electron chi connectivity index (χ4n) is 0.911. The van der Waals surface area contributed by atoms with Crippen LogP contribution in [0.4, 0.5) is 4.79 Å². The lowest BCUT2D eigenvalue weighted by molar-refractivity contribution is 0.0661. The fourth-order valence-corrected chi connectivity index (χ4v) is 0.981. The van der Waals surface area contributed by atoms with Gasteiger partial charge in [-0.05, 0) is 18.2 Å². The zero-order valence-electron chi connectivity index (χ0n) is 7.27. The van der Waals surface area contributed by atoms with Crippen LogP contribution < -0.4 is 0 Å². The molecule has 0 saturated carbocycles. The van der Waals surface area contributed by atoms with Crippen molar-refractivity contribution in [3.05, 3.63) is 35.4 Å². The van der Waals surface area contributed by atoms with E-state index >= 15 is 0 Å². The SMILES string of the molecule is O=C(Cl)OC(=O)c1cccc(C(=O)O)c1. The lowest BCUT2D eigenvalue weighted by Crippen LogP contribution is -2.08. The second-order valence-electron chi connectivity index (χ2n) is 2.51. The van der Waals surface area contributed by atoms with Crippen LogP contribution in [-0.4, -0.2) is 22.5 Å². The van der Waals surface area contributed by atoms with Crippen molar-refractivity contribution in [3.63, 3.8) is 0 Å². The van der Waals surface area contributed by atoms with Gasteiger partial charge in [0.25, 0.3) is 0 Å². The lowest BCUT2D eigenvalue weighted by atomic mass is 10.1. The van der Waals surface area contributed by atoms with Gasteiger partial charge in [0, 0.05) is 11.6 Å². The number of rotatable bonds is 2. The molecule has 78 valence electrons. The number of benzene rings is 1. The van der Waals surface area contributed by atoms with Gasteiger partial charge in [-0.2, -0.15) is 0 Å². The van der Waals surface area contributed by atoms with Crippen molar-refractivity contribution in [3.8, 4) is 0 Å². The first-order valence-electron chi connectivity index (χ1n) is 3.75. The van der Waals surface area contributed by atoms with Crippen LogP contribution in [0.5, 0.6) is 0 Å². The van der Waals surface area contributed by atoms with Crippen LogP contribution in [0.25, 0.3) is 0 Å². The molecule has 0 bridgehead atoms. The predicted octanol–water partition coefficient (Wildman–Crippen LogP) is 1.90. The van der Waals surface area contributed by atoms with Crippen molar-refractivity contribution in [1.82, 2.24) is 0 Å². The highest BCUT2D eigenvalue weighted by molar-refractivity contribution is 6.62. The zero-order valence-corrected chi connectivity index (χ0v) is 8.02. The van der Waals surface area contributed by atoms with E-state index in [0.717, 1.165) is 6.07 Å². The summed E-state index contributed by atoms with van der Waals surface area (Å²) in [5.74, 6) is -2.17. The van der Waals surface area contributed by atoms with Crippen LogP contribution in [0, 0.1) is 0 Å².